The lowest BCUT2D eigenvalue weighted by Gasteiger charge is -2.26. The number of amides is 2. The molecule has 2 heterocycles. The minimum absolute atomic E-state index is 0.0252. The highest BCUT2D eigenvalue weighted by atomic mass is 16.5. The molecule has 2 amide bonds. The fourth-order valence-electron chi connectivity index (χ4n) is 2.63. The molecule has 0 saturated carbocycles. The van der Waals surface area contributed by atoms with E-state index in [4.69, 9.17) is 9.47 Å². The lowest BCUT2D eigenvalue weighted by atomic mass is 10.3. The van der Waals surface area contributed by atoms with Crippen molar-refractivity contribution in [2.75, 3.05) is 44.9 Å². The number of anilines is 2. The maximum absolute atomic E-state index is 12.6. The third-order valence-corrected chi connectivity index (χ3v) is 3.99. The van der Waals surface area contributed by atoms with Crippen LogP contribution in [0, 0.1) is 0 Å². The van der Waals surface area contributed by atoms with Crippen molar-refractivity contribution in [1.29, 1.82) is 0 Å². The first-order valence-electron chi connectivity index (χ1n) is 8.03. The average molecular weight is 359 g/mol. The number of fused-ring (bicyclic) bond motifs is 1. The third kappa shape index (κ3) is 3.62. The molecule has 0 bridgehead atoms. The molecule has 1 aliphatic rings. The van der Waals surface area contributed by atoms with Crippen LogP contribution in [0.15, 0.2) is 30.6 Å². The molecule has 0 spiro atoms. The number of imidazole rings is 1. The Morgan fingerprint density at radius 3 is 2.62 bits per heavy atom. The number of hydrogen-bond acceptors (Lipinski definition) is 6. The maximum atomic E-state index is 12.6. The van der Waals surface area contributed by atoms with Gasteiger partial charge >= 0.3 is 0 Å². The predicted octanol–water partition coefficient (Wildman–Crippen LogP) is 0.984. The Kier molecular flexibility index (Phi) is 5.08. The van der Waals surface area contributed by atoms with Crippen molar-refractivity contribution in [1.82, 2.24) is 14.5 Å². The van der Waals surface area contributed by atoms with Crippen molar-refractivity contribution in [3.8, 4) is 5.75 Å². The predicted molar refractivity (Wildman–Crippen MR) is 95.2 cm³/mol. The van der Waals surface area contributed by atoms with Crippen LogP contribution in [0.5, 0.6) is 5.75 Å². The van der Waals surface area contributed by atoms with Gasteiger partial charge in [0.1, 0.15) is 25.8 Å². The van der Waals surface area contributed by atoms with E-state index >= 15 is 0 Å². The standard InChI is InChI=1S/C17H21N5O4/c1-20-10-26-11-21(2)17(24)15-16(20)18-9-22(15)8-14(23)19-12-4-6-13(25-3)7-5-12/h4-7,9H,8,10-11H2,1-3H3,(H,19,23). The monoisotopic (exact) mass is 359 g/mol. The summed E-state index contributed by atoms with van der Waals surface area (Å²) in [6.45, 7) is 0.453. The van der Waals surface area contributed by atoms with Crippen LogP contribution in [0.3, 0.4) is 0 Å². The lowest BCUT2D eigenvalue weighted by Crippen LogP contribution is -2.38. The fourth-order valence-corrected chi connectivity index (χ4v) is 2.63. The van der Waals surface area contributed by atoms with Gasteiger partial charge < -0.3 is 29.2 Å². The van der Waals surface area contributed by atoms with Gasteiger partial charge in [-0.3, -0.25) is 9.59 Å². The molecule has 0 aliphatic carbocycles. The molecule has 2 aromatic rings. The van der Waals surface area contributed by atoms with Gasteiger partial charge in [0.15, 0.2) is 11.5 Å². The maximum Gasteiger partial charge on any atom is 0.275 e. The molecular formula is C17H21N5O4. The van der Waals surface area contributed by atoms with Crippen LogP contribution >= 0.6 is 0 Å². The van der Waals surface area contributed by atoms with Crippen molar-refractivity contribution in [3.63, 3.8) is 0 Å². The zero-order chi connectivity index (χ0) is 18.7. The van der Waals surface area contributed by atoms with Crippen LogP contribution in [0.25, 0.3) is 0 Å². The number of ether oxygens (including phenoxy) is 2. The number of nitrogens with zero attached hydrogens (tertiary/aromatic N) is 4. The van der Waals surface area contributed by atoms with E-state index in [2.05, 4.69) is 10.3 Å². The second-order valence-corrected chi connectivity index (χ2v) is 5.98. The second-order valence-electron chi connectivity index (χ2n) is 5.98. The molecule has 1 aromatic heterocycles. The summed E-state index contributed by atoms with van der Waals surface area (Å²) >= 11 is 0. The van der Waals surface area contributed by atoms with E-state index in [1.54, 1.807) is 54.9 Å². The van der Waals surface area contributed by atoms with Crippen LogP contribution in [-0.2, 0) is 16.1 Å². The number of carbonyl (C=O) groups is 2. The summed E-state index contributed by atoms with van der Waals surface area (Å²) in [5.41, 5.74) is 1.01. The highest BCUT2D eigenvalue weighted by Gasteiger charge is 2.27. The summed E-state index contributed by atoms with van der Waals surface area (Å²) in [5.74, 6) is 0.685. The van der Waals surface area contributed by atoms with Crippen LogP contribution in [-0.4, -0.2) is 60.9 Å². The molecule has 1 N–H and O–H groups in total. The highest BCUT2D eigenvalue weighted by Crippen LogP contribution is 2.21. The lowest BCUT2D eigenvalue weighted by molar-refractivity contribution is -0.116. The molecule has 0 radical (unpaired) electrons. The Morgan fingerprint density at radius 1 is 1.23 bits per heavy atom. The summed E-state index contributed by atoms with van der Waals surface area (Å²) in [5, 5.41) is 2.80. The molecule has 9 nitrogen and oxygen atoms in total. The Hall–Kier alpha value is -3.07. The van der Waals surface area contributed by atoms with Gasteiger partial charge in [0.2, 0.25) is 5.91 Å². The normalized spacial score (nSPS) is 14.5. The van der Waals surface area contributed by atoms with Crippen molar-refractivity contribution in [3.05, 3.63) is 36.3 Å². The Bertz CT molecular complexity index is 802. The second kappa shape index (κ2) is 7.44. The third-order valence-electron chi connectivity index (χ3n) is 3.99. The molecule has 0 unspecified atom stereocenters. The molecule has 26 heavy (non-hydrogen) atoms. The largest absolute Gasteiger partial charge is 0.497 e. The SMILES string of the molecule is COc1ccc(NC(=O)Cn2cnc3c2C(=O)N(C)COCN3C)cc1. The van der Waals surface area contributed by atoms with Crippen molar-refractivity contribution in [2.45, 2.75) is 6.54 Å². The fraction of sp³-hybridized carbons (Fsp3) is 0.353. The van der Waals surface area contributed by atoms with Gasteiger partial charge in [-0.15, -0.1) is 0 Å². The number of methoxy groups -OCH3 is 1. The van der Waals surface area contributed by atoms with Gasteiger partial charge in [0, 0.05) is 19.8 Å². The molecular weight excluding hydrogens is 338 g/mol. The Morgan fingerprint density at radius 2 is 1.92 bits per heavy atom. The van der Waals surface area contributed by atoms with E-state index in [1.165, 1.54) is 11.2 Å². The topological polar surface area (TPSA) is 88.9 Å². The Balaban J connectivity index is 1.78. The molecule has 3 rings (SSSR count). The molecule has 0 atom stereocenters. The minimum atomic E-state index is -0.258. The van der Waals surface area contributed by atoms with Crippen LogP contribution < -0.4 is 15.0 Å². The number of benzene rings is 1. The van der Waals surface area contributed by atoms with E-state index in [9.17, 15) is 9.59 Å². The quantitative estimate of drug-likeness (QED) is 0.876. The summed E-state index contributed by atoms with van der Waals surface area (Å²) in [7, 11) is 5.01. The number of rotatable bonds is 4. The van der Waals surface area contributed by atoms with E-state index < -0.39 is 0 Å². The summed E-state index contributed by atoms with van der Waals surface area (Å²) in [6, 6.07) is 7.02. The molecule has 1 aromatic carbocycles. The van der Waals surface area contributed by atoms with E-state index in [1.807, 2.05) is 0 Å². The molecule has 9 heteroatoms. The number of carbonyl (C=O) groups excluding carboxylic acids is 2. The van der Waals surface area contributed by atoms with Gasteiger partial charge in [-0.2, -0.15) is 0 Å². The van der Waals surface area contributed by atoms with Crippen LogP contribution in [0.2, 0.25) is 0 Å². The minimum Gasteiger partial charge on any atom is -0.497 e. The number of nitrogens with one attached hydrogen (secondary N) is 1. The van der Waals surface area contributed by atoms with Crippen LogP contribution in [0.4, 0.5) is 11.5 Å². The van der Waals surface area contributed by atoms with Crippen molar-refractivity contribution >= 4 is 23.3 Å². The first kappa shape index (κ1) is 17.7. The van der Waals surface area contributed by atoms with E-state index in [0.717, 1.165) is 0 Å². The summed E-state index contributed by atoms with van der Waals surface area (Å²) in [4.78, 5) is 32.5. The molecule has 0 saturated heterocycles. The van der Waals surface area contributed by atoms with Crippen LogP contribution in [0.1, 0.15) is 10.5 Å². The molecule has 0 fully saturated rings. The summed E-state index contributed by atoms with van der Waals surface area (Å²) in [6.07, 6.45) is 1.49. The number of hydrogen-bond donors (Lipinski definition) is 1. The van der Waals surface area contributed by atoms with E-state index in [-0.39, 0.29) is 25.1 Å². The average Bonchev–Trinajstić information content (AvgIpc) is 3.03. The van der Waals surface area contributed by atoms with Gasteiger partial charge in [0.25, 0.3) is 5.91 Å². The molecule has 1 aliphatic heterocycles. The first-order chi connectivity index (χ1) is 12.5. The Labute approximate surface area is 151 Å². The number of aromatic nitrogens is 2. The van der Waals surface area contributed by atoms with Crippen molar-refractivity contribution in [2.24, 2.45) is 0 Å². The van der Waals surface area contributed by atoms with Gasteiger partial charge in [-0.05, 0) is 24.3 Å². The van der Waals surface area contributed by atoms with Crippen molar-refractivity contribution < 1.29 is 19.1 Å². The first-order valence-corrected chi connectivity index (χ1v) is 8.03. The zero-order valence-electron chi connectivity index (χ0n) is 14.9. The smallest absolute Gasteiger partial charge is 0.275 e. The van der Waals surface area contributed by atoms with E-state index in [0.29, 0.717) is 29.7 Å². The highest BCUT2D eigenvalue weighted by molar-refractivity contribution is 5.98. The van der Waals surface area contributed by atoms with Gasteiger partial charge in [0.05, 0.1) is 13.4 Å². The summed E-state index contributed by atoms with van der Waals surface area (Å²) < 4.78 is 12.1. The molecule has 138 valence electrons. The zero-order valence-corrected chi connectivity index (χ0v) is 14.9. The van der Waals surface area contributed by atoms with Gasteiger partial charge in [-0.25, -0.2) is 4.98 Å². The van der Waals surface area contributed by atoms with Gasteiger partial charge in [-0.1, -0.05) is 0 Å².